The lowest BCUT2D eigenvalue weighted by atomic mass is 10.1. The van der Waals surface area contributed by atoms with Crippen LogP contribution in [0, 0.1) is 5.82 Å². The molecule has 4 nitrogen and oxygen atoms in total. The highest BCUT2D eigenvalue weighted by Gasteiger charge is 2.22. The van der Waals surface area contributed by atoms with Crippen LogP contribution in [0.25, 0.3) is 0 Å². The van der Waals surface area contributed by atoms with Crippen molar-refractivity contribution in [2.45, 2.75) is 18.9 Å². The van der Waals surface area contributed by atoms with Gasteiger partial charge in [-0.25, -0.2) is 9.18 Å². The van der Waals surface area contributed by atoms with E-state index in [0.29, 0.717) is 18.8 Å². The van der Waals surface area contributed by atoms with Crippen molar-refractivity contribution in [2.75, 3.05) is 25.5 Å². The summed E-state index contributed by atoms with van der Waals surface area (Å²) < 4.78 is 18.0. The summed E-state index contributed by atoms with van der Waals surface area (Å²) in [5, 5.41) is 2.75. The highest BCUT2D eigenvalue weighted by molar-refractivity contribution is 5.89. The monoisotopic (exact) mass is 252 g/mol. The third-order valence-electron chi connectivity index (χ3n) is 3.16. The third kappa shape index (κ3) is 3.20. The summed E-state index contributed by atoms with van der Waals surface area (Å²) in [5.41, 5.74) is 0.607. The lowest BCUT2D eigenvalue weighted by Crippen LogP contribution is -2.42. The van der Waals surface area contributed by atoms with E-state index in [1.807, 2.05) is 0 Å². The largest absolute Gasteiger partial charge is 0.381 e. The number of ether oxygens (including phenoxy) is 1. The third-order valence-corrected chi connectivity index (χ3v) is 3.16. The average molecular weight is 252 g/mol. The fraction of sp³-hybridized carbons (Fsp3) is 0.462. The molecule has 1 aliphatic rings. The number of halogens is 1. The number of methoxy groups -OCH3 is 1. The van der Waals surface area contributed by atoms with E-state index in [1.54, 1.807) is 24.1 Å². The van der Waals surface area contributed by atoms with Crippen molar-refractivity contribution in [1.82, 2.24) is 4.90 Å². The van der Waals surface area contributed by atoms with Crippen LogP contribution < -0.4 is 5.32 Å². The number of hydrogen-bond acceptors (Lipinski definition) is 2. The Morgan fingerprint density at radius 2 is 1.94 bits per heavy atom. The van der Waals surface area contributed by atoms with E-state index in [9.17, 15) is 9.18 Å². The minimum absolute atomic E-state index is 0.142. The summed E-state index contributed by atoms with van der Waals surface area (Å²) in [6.07, 6.45) is 1.96. The molecule has 1 aliphatic heterocycles. The van der Waals surface area contributed by atoms with Crippen LogP contribution in [0.1, 0.15) is 12.8 Å². The van der Waals surface area contributed by atoms with Crippen LogP contribution in [0.5, 0.6) is 0 Å². The van der Waals surface area contributed by atoms with E-state index in [0.717, 1.165) is 12.8 Å². The Kier molecular flexibility index (Phi) is 4.15. The standard InChI is InChI=1S/C13H17FN2O2/c1-18-12-6-8-16(9-7-12)13(17)15-11-4-2-10(14)3-5-11/h2-5,12H,6-9H2,1H3,(H,15,17). The highest BCUT2D eigenvalue weighted by Crippen LogP contribution is 2.15. The van der Waals surface area contributed by atoms with Gasteiger partial charge in [0.05, 0.1) is 6.10 Å². The summed E-state index contributed by atoms with van der Waals surface area (Å²) in [5.74, 6) is -0.311. The SMILES string of the molecule is COC1CCN(C(=O)Nc2ccc(F)cc2)CC1. The van der Waals surface area contributed by atoms with Crippen LogP contribution in [0.2, 0.25) is 0 Å². The van der Waals surface area contributed by atoms with Crippen LogP contribution in [0.3, 0.4) is 0 Å². The number of nitrogens with one attached hydrogen (secondary N) is 1. The number of likely N-dealkylation sites (tertiary alicyclic amines) is 1. The number of rotatable bonds is 2. The van der Waals surface area contributed by atoms with Gasteiger partial charge in [-0.15, -0.1) is 0 Å². The van der Waals surface area contributed by atoms with Crippen molar-refractivity contribution in [2.24, 2.45) is 0 Å². The molecule has 98 valence electrons. The van der Waals surface area contributed by atoms with Gasteiger partial charge in [-0.1, -0.05) is 0 Å². The molecule has 5 heteroatoms. The van der Waals surface area contributed by atoms with Gasteiger partial charge < -0.3 is 15.0 Å². The molecular weight excluding hydrogens is 235 g/mol. The second-order valence-corrected chi connectivity index (χ2v) is 4.36. The van der Waals surface area contributed by atoms with E-state index < -0.39 is 0 Å². The Hall–Kier alpha value is -1.62. The molecule has 0 aromatic heterocycles. The maximum absolute atomic E-state index is 12.7. The maximum atomic E-state index is 12.7. The molecule has 1 fully saturated rings. The Balaban J connectivity index is 1.87. The molecule has 0 aliphatic carbocycles. The van der Waals surface area contributed by atoms with Crippen molar-refractivity contribution < 1.29 is 13.9 Å². The van der Waals surface area contributed by atoms with Gasteiger partial charge in [0, 0.05) is 25.9 Å². The number of carbonyl (C=O) groups is 1. The Morgan fingerprint density at radius 1 is 1.33 bits per heavy atom. The summed E-state index contributed by atoms with van der Waals surface area (Å²) in [6, 6.07) is 5.61. The molecule has 0 radical (unpaired) electrons. The van der Waals surface area contributed by atoms with Gasteiger partial charge in [0.1, 0.15) is 5.82 Å². The molecule has 1 heterocycles. The molecule has 1 aromatic carbocycles. The van der Waals surface area contributed by atoms with Crippen molar-refractivity contribution in [1.29, 1.82) is 0 Å². The molecule has 18 heavy (non-hydrogen) atoms. The number of hydrogen-bond donors (Lipinski definition) is 1. The minimum Gasteiger partial charge on any atom is -0.381 e. The predicted octanol–water partition coefficient (Wildman–Crippen LogP) is 2.47. The second-order valence-electron chi connectivity index (χ2n) is 4.36. The van der Waals surface area contributed by atoms with E-state index in [1.165, 1.54) is 12.1 Å². The number of anilines is 1. The molecule has 0 spiro atoms. The number of piperidine rings is 1. The lowest BCUT2D eigenvalue weighted by Gasteiger charge is -2.31. The first-order valence-electron chi connectivity index (χ1n) is 6.03. The van der Waals surface area contributed by atoms with Crippen molar-refractivity contribution in [3.05, 3.63) is 30.1 Å². The number of amides is 2. The lowest BCUT2D eigenvalue weighted by molar-refractivity contribution is 0.0521. The first-order valence-corrected chi connectivity index (χ1v) is 6.03. The van der Waals surface area contributed by atoms with Crippen molar-refractivity contribution >= 4 is 11.7 Å². The maximum Gasteiger partial charge on any atom is 0.321 e. The average Bonchev–Trinajstić information content (AvgIpc) is 2.41. The highest BCUT2D eigenvalue weighted by atomic mass is 19.1. The van der Waals surface area contributed by atoms with E-state index >= 15 is 0 Å². The first kappa shape index (κ1) is 12.8. The zero-order chi connectivity index (χ0) is 13.0. The second kappa shape index (κ2) is 5.82. The molecule has 0 bridgehead atoms. The fourth-order valence-electron chi connectivity index (χ4n) is 2.03. The fourth-order valence-corrected chi connectivity index (χ4v) is 2.03. The minimum atomic E-state index is -0.311. The smallest absolute Gasteiger partial charge is 0.321 e. The number of urea groups is 1. The van der Waals surface area contributed by atoms with Crippen LogP contribution in [0.4, 0.5) is 14.9 Å². The zero-order valence-electron chi connectivity index (χ0n) is 10.4. The van der Waals surface area contributed by atoms with E-state index in [4.69, 9.17) is 4.74 Å². The molecule has 1 N–H and O–H groups in total. The molecule has 0 saturated carbocycles. The van der Waals surface area contributed by atoms with Gasteiger partial charge >= 0.3 is 6.03 Å². The Labute approximate surface area is 106 Å². The molecule has 0 atom stereocenters. The topological polar surface area (TPSA) is 41.6 Å². The van der Waals surface area contributed by atoms with Gasteiger partial charge in [0.2, 0.25) is 0 Å². The zero-order valence-corrected chi connectivity index (χ0v) is 10.4. The van der Waals surface area contributed by atoms with Gasteiger partial charge in [0.25, 0.3) is 0 Å². The van der Waals surface area contributed by atoms with Gasteiger partial charge in [0.15, 0.2) is 0 Å². The number of benzene rings is 1. The molecule has 2 rings (SSSR count). The van der Waals surface area contributed by atoms with Crippen LogP contribution in [0.15, 0.2) is 24.3 Å². The van der Waals surface area contributed by atoms with Crippen molar-refractivity contribution in [3.8, 4) is 0 Å². The Bertz CT molecular complexity index is 400. The van der Waals surface area contributed by atoms with E-state index in [-0.39, 0.29) is 18.0 Å². The Morgan fingerprint density at radius 3 is 2.50 bits per heavy atom. The molecule has 1 saturated heterocycles. The van der Waals surface area contributed by atoms with E-state index in [2.05, 4.69) is 5.32 Å². The summed E-state index contributed by atoms with van der Waals surface area (Å²) in [4.78, 5) is 13.7. The molecular formula is C13H17FN2O2. The first-order chi connectivity index (χ1) is 8.69. The molecule has 1 aromatic rings. The quantitative estimate of drug-likeness (QED) is 0.878. The van der Waals surface area contributed by atoms with Crippen LogP contribution in [-0.4, -0.2) is 37.2 Å². The number of carbonyl (C=O) groups excluding carboxylic acids is 1. The van der Waals surface area contributed by atoms with Gasteiger partial charge in [-0.2, -0.15) is 0 Å². The summed E-state index contributed by atoms with van der Waals surface area (Å²) in [6.45, 7) is 1.37. The summed E-state index contributed by atoms with van der Waals surface area (Å²) >= 11 is 0. The normalized spacial score (nSPS) is 16.7. The number of nitrogens with zero attached hydrogens (tertiary/aromatic N) is 1. The van der Waals surface area contributed by atoms with Crippen LogP contribution >= 0.6 is 0 Å². The predicted molar refractivity (Wildman–Crippen MR) is 67.0 cm³/mol. The van der Waals surface area contributed by atoms with Crippen LogP contribution in [-0.2, 0) is 4.74 Å². The summed E-state index contributed by atoms with van der Waals surface area (Å²) in [7, 11) is 1.69. The van der Waals surface area contributed by atoms with Crippen molar-refractivity contribution in [3.63, 3.8) is 0 Å². The van der Waals surface area contributed by atoms with Gasteiger partial charge in [-0.05, 0) is 37.1 Å². The molecule has 2 amide bonds. The molecule has 0 unspecified atom stereocenters. The van der Waals surface area contributed by atoms with Gasteiger partial charge in [-0.3, -0.25) is 0 Å².